The molecule has 150 heavy (non-hydrogen) atoms. The van der Waals surface area contributed by atoms with Gasteiger partial charge in [0.25, 0.3) is 0 Å². The molecule has 0 saturated carbocycles. The Bertz CT molecular complexity index is 6550. The number of urea groups is 3. The molecule has 5 aliphatic heterocycles. The van der Waals surface area contributed by atoms with E-state index in [1.807, 2.05) is 203 Å². The molecular formula is C105H140N36O9. The lowest BCUT2D eigenvalue weighted by Gasteiger charge is -2.44. The molecule has 45 nitrogen and oxygen atoms in total. The summed E-state index contributed by atoms with van der Waals surface area (Å²) in [4.78, 5) is 152. The second kappa shape index (κ2) is 48.7. The molecule has 5 saturated heterocycles. The normalized spacial score (nSPS) is 18.3. The van der Waals surface area contributed by atoms with Gasteiger partial charge in [-0.15, -0.1) is 20.4 Å². The highest BCUT2D eigenvalue weighted by molar-refractivity contribution is 5.91. The first kappa shape index (κ1) is 109. The van der Waals surface area contributed by atoms with E-state index >= 15 is 0 Å². The Kier molecular flexibility index (Phi) is 35.3. The van der Waals surface area contributed by atoms with Crippen molar-refractivity contribution in [1.29, 1.82) is 0 Å². The van der Waals surface area contributed by atoms with E-state index in [4.69, 9.17) is 4.74 Å². The Morgan fingerprint density at radius 1 is 0.333 bits per heavy atom. The van der Waals surface area contributed by atoms with Crippen molar-refractivity contribution >= 4 is 140 Å². The van der Waals surface area contributed by atoms with E-state index in [0.29, 0.717) is 86.7 Å². The smallest absolute Gasteiger partial charge is 0.410 e. The third kappa shape index (κ3) is 29.6. The van der Waals surface area contributed by atoms with Gasteiger partial charge in [0.1, 0.15) is 54.2 Å². The summed E-state index contributed by atoms with van der Waals surface area (Å²) >= 11 is 0. The number of ether oxygens (including phenoxy) is 1. The van der Waals surface area contributed by atoms with Crippen LogP contribution in [0.2, 0.25) is 0 Å². The van der Waals surface area contributed by atoms with E-state index in [-0.39, 0.29) is 108 Å². The molecule has 0 aliphatic carbocycles. The van der Waals surface area contributed by atoms with Crippen LogP contribution in [-0.4, -0.2) is 302 Å². The van der Waals surface area contributed by atoms with E-state index in [1.54, 1.807) is 114 Å². The number of rotatable bonds is 22. The fourth-order valence-electron chi connectivity index (χ4n) is 19.1. The van der Waals surface area contributed by atoms with Gasteiger partial charge in [0.05, 0.1) is 22.7 Å². The van der Waals surface area contributed by atoms with Gasteiger partial charge in [0, 0.05) is 267 Å². The van der Waals surface area contributed by atoms with Gasteiger partial charge in [-0.3, -0.25) is 19.2 Å². The lowest BCUT2D eigenvalue weighted by molar-refractivity contribution is -0.134. The summed E-state index contributed by atoms with van der Waals surface area (Å²) in [6.45, 7) is 49.2. The first-order valence-electron chi connectivity index (χ1n) is 50.6. The summed E-state index contributed by atoms with van der Waals surface area (Å²) in [7, 11) is 0. The van der Waals surface area contributed by atoms with Crippen molar-refractivity contribution in [2.45, 2.75) is 211 Å². The number of pyridine rings is 4. The number of carbonyl (C=O) groups excluding carboxylic acids is 8. The summed E-state index contributed by atoms with van der Waals surface area (Å²) in [5, 5.41) is 47.8. The number of benzene rings is 4. The van der Waals surface area contributed by atoms with E-state index in [0.717, 1.165) is 114 Å². The van der Waals surface area contributed by atoms with E-state index in [9.17, 15) is 38.4 Å². The number of piperazine rings is 5. The third-order valence-corrected chi connectivity index (χ3v) is 25.2. The van der Waals surface area contributed by atoms with Crippen molar-refractivity contribution in [2.75, 3.05) is 147 Å². The number of hydrogen-bond acceptors (Lipinski definition) is 30. The number of carbonyl (C=O) groups is 8. The van der Waals surface area contributed by atoms with Crippen LogP contribution in [0.1, 0.15) is 145 Å². The first-order chi connectivity index (χ1) is 71.5. The minimum absolute atomic E-state index is 0.0627. The average molecular weight is 2050 g/mol. The van der Waals surface area contributed by atoms with Gasteiger partial charge in [-0.05, 0) is 239 Å². The van der Waals surface area contributed by atoms with Crippen molar-refractivity contribution in [2.24, 2.45) is 0 Å². The molecule has 794 valence electrons. The van der Waals surface area contributed by atoms with Gasteiger partial charge in [0.15, 0.2) is 0 Å². The first-order valence-corrected chi connectivity index (χ1v) is 50.6. The summed E-state index contributed by atoms with van der Waals surface area (Å²) in [6.07, 6.45) is 13.4. The molecule has 5 aliphatic rings. The topological polar surface area (TPSA) is 473 Å². The summed E-state index contributed by atoms with van der Waals surface area (Å²) in [5.41, 5.74) is 9.00. The average Bonchev–Trinajstić information content (AvgIpc) is 1.36. The van der Waals surface area contributed by atoms with Crippen LogP contribution in [0.4, 0.5) is 112 Å². The van der Waals surface area contributed by atoms with Gasteiger partial charge >= 0.3 is 24.2 Å². The van der Waals surface area contributed by atoms with Crippen LogP contribution in [0.3, 0.4) is 0 Å². The minimum atomic E-state index is -0.492. The molecule has 45 heteroatoms. The molecule has 12 aromatic rings. The van der Waals surface area contributed by atoms with Crippen molar-refractivity contribution in [3.05, 3.63) is 196 Å². The Morgan fingerprint density at radius 2 is 0.593 bits per heavy atom. The zero-order valence-corrected chi connectivity index (χ0v) is 89.2. The highest BCUT2D eigenvalue weighted by Gasteiger charge is 2.38. The van der Waals surface area contributed by atoms with E-state index in [1.165, 1.54) is 0 Å². The van der Waals surface area contributed by atoms with Crippen LogP contribution in [0.15, 0.2) is 196 Å². The second-order valence-electron chi connectivity index (χ2n) is 40.5. The maximum absolute atomic E-state index is 12.4. The highest BCUT2D eigenvalue weighted by atomic mass is 16.6. The van der Waals surface area contributed by atoms with Gasteiger partial charge < -0.3 is 107 Å². The van der Waals surface area contributed by atoms with Gasteiger partial charge in [-0.1, -0.05) is 0 Å². The quantitative estimate of drug-likeness (QED) is 0.0301. The molecule has 4 aromatic carbocycles. The predicted octanol–water partition coefficient (Wildman–Crippen LogP) is 14.1. The fourth-order valence-corrected chi connectivity index (χ4v) is 19.1. The third-order valence-electron chi connectivity index (χ3n) is 25.2. The van der Waals surface area contributed by atoms with Crippen LogP contribution in [-0.2, 0) is 23.9 Å². The van der Waals surface area contributed by atoms with Crippen LogP contribution < -0.4 is 77.7 Å². The van der Waals surface area contributed by atoms with Crippen molar-refractivity contribution < 1.29 is 43.1 Å². The molecule has 0 bridgehead atoms. The Labute approximate surface area is 874 Å². The fraction of sp³-hybridized carbons (Fsp3) is 0.429. The maximum atomic E-state index is 12.4. The minimum Gasteiger partial charge on any atom is -0.444 e. The van der Waals surface area contributed by atoms with Gasteiger partial charge in [-0.2, -0.15) is 19.9 Å². The van der Waals surface area contributed by atoms with E-state index < -0.39 is 5.60 Å². The predicted molar refractivity (Wildman–Crippen MR) is 582 cm³/mol. The monoisotopic (exact) mass is 2050 g/mol. The van der Waals surface area contributed by atoms with Crippen LogP contribution in [0.5, 0.6) is 0 Å². The molecular weight excluding hydrogens is 1910 g/mol. The highest BCUT2D eigenvalue weighted by Crippen LogP contribution is 2.32. The molecule has 8 aromatic heterocycles. The van der Waals surface area contributed by atoms with Crippen LogP contribution in [0.25, 0.3) is 22.7 Å². The van der Waals surface area contributed by atoms with E-state index in [2.05, 4.69) is 205 Å². The van der Waals surface area contributed by atoms with Gasteiger partial charge in [-0.25, -0.2) is 57.8 Å². The molecule has 11 amide bonds. The second-order valence-corrected chi connectivity index (χ2v) is 40.5. The lowest BCUT2D eigenvalue weighted by atomic mass is 10.1. The van der Waals surface area contributed by atoms with Crippen molar-refractivity contribution in [1.82, 2.24) is 119 Å². The number of nitrogens with zero attached hydrogens (tertiary/aromatic N) is 26. The van der Waals surface area contributed by atoms with Crippen molar-refractivity contribution in [3.8, 4) is 22.7 Å². The summed E-state index contributed by atoms with van der Waals surface area (Å²) in [5.74, 6) is 5.59. The Morgan fingerprint density at radius 3 is 0.847 bits per heavy atom. The van der Waals surface area contributed by atoms with Gasteiger partial charge in [0.2, 0.25) is 47.4 Å². The molecule has 13 heterocycles. The number of aromatic nitrogens is 16. The number of amides is 11. The summed E-state index contributed by atoms with van der Waals surface area (Å²) in [6, 6.07) is 45.7. The molecule has 0 spiro atoms. The SMILES string of the molecule is CC(=O)N1[C@H](C)CN(c2cc(-n3cnc(Nc4ccc(N5CCN(C(=O)OC(C)(C)C)CC5)cc4)n3)ccn2)C[C@@H]1C.CC(=O)N1[C@H](C)CN(c2cc(-n3cnc(Nc4ccc(NC(=O)NC(C)(C)C)cc4)n3)ccn2)C[C@@H]1C.CC(=O)N1[C@H](C)CN(c2cc(-n3cnc(Nc4ccc(NC(=O)NC(C)C)cc4)n3)ccn2)C[C@@H]1C.CCNC(=O)Nc1ccc(Nc2ncn(-c3ccnc(N4C[C@@H](C)N(C(C)=O)[C@@H](C)C4)c3)n2)cc1. The van der Waals surface area contributed by atoms with Crippen LogP contribution in [0, 0.1) is 0 Å². The lowest BCUT2D eigenvalue weighted by Crippen LogP contribution is -2.58. The zero-order valence-electron chi connectivity index (χ0n) is 89.2. The molecule has 8 atom stereocenters. The maximum Gasteiger partial charge on any atom is 0.410 e. The molecule has 0 radical (unpaired) electrons. The summed E-state index contributed by atoms with van der Waals surface area (Å²) < 4.78 is 12.3. The Balaban J connectivity index is 0.000000158. The molecule has 10 N–H and O–H groups in total. The van der Waals surface area contributed by atoms with Crippen LogP contribution >= 0.6 is 0 Å². The number of nitrogens with one attached hydrogen (secondary N) is 10. The molecule has 17 rings (SSSR count). The Hall–Kier alpha value is -16.8. The van der Waals surface area contributed by atoms with Crippen molar-refractivity contribution in [3.63, 3.8) is 0 Å². The largest absolute Gasteiger partial charge is 0.444 e. The molecule has 0 unspecified atom stereocenters. The zero-order chi connectivity index (χ0) is 108. The number of hydrogen-bond donors (Lipinski definition) is 10. The number of anilines is 16. The molecule has 5 fully saturated rings. The standard InChI is InChI=1S/C30H41N9O3.C26H35N9O2.C25H33N9O2.C24H31N9O2/c1-21-18-37(19-22(2)39(21)23(3)40)27-17-26(11-12-31-27)38-20-32-28(34-38)33-24-7-9-25(10-8-24)35-13-15-36(16-14-35)29(41)42-30(4,5)6;1-17-14-33(15-18(2)35(17)19(3)36)23-13-22(11-12-27-23)34-16-28-24(32-34)29-20-7-9-21(10-8-20)30-25(37)31-26(4,5)6;1-16(2)28-25(36)30-21-8-6-20(7-9-21)29-24-27-15-33(31-24)22-10-11-26-23(12-22)32-13-17(3)34(19(5)35)18(4)14-32;1-5-25-24(35)29-20-8-6-19(7-9-20)28-23-27-15-32(30-23)21-10-11-26-22(12-21)31-13-16(2)33(18(4)34)17(3)14-31/h7-12,17,20-22H,13-16,18-19H2,1-6H3,(H,33,34);7-13,16-18H,14-15H2,1-6H3,(H,29,32)(H2,30,31,37);6-12,15-18H,13-14H2,1-5H3,(H,29,31)(H2,28,30,36);6-12,15-17H,5,13-14H2,1-4H3,(H,28,30)(H2,25,29,35)/t21-,22+;2*17-,18+;16-,17+.